The fraction of sp³-hybridized carbons (Fsp3) is 0.375. The Bertz CT molecular complexity index is 1410. The summed E-state index contributed by atoms with van der Waals surface area (Å²) in [5.41, 5.74) is 2.04. The van der Waals surface area contributed by atoms with Gasteiger partial charge in [-0.1, -0.05) is 25.8 Å². The number of fused-ring (bicyclic) bond motifs is 1. The van der Waals surface area contributed by atoms with Gasteiger partial charge in [-0.3, -0.25) is 9.59 Å². The lowest BCUT2D eigenvalue weighted by Crippen LogP contribution is -2.29. The Morgan fingerprint density at radius 1 is 1.05 bits per heavy atom. The van der Waals surface area contributed by atoms with Crippen LogP contribution in [0.25, 0.3) is 5.76 Å². The first-order valence-corrected chi connectivity index (χ1v) is 13.9. The molecule has 2 aliphatic heterocycles. The average molecular weight is 546 g/mol. The van der Waals surface area contributed by atoms with E-state index in [0.29, 0.717) is 48.0 Å². The number of likely N-dealkylation sites (tertiary alicyclic amines) is 1. The predicted molar refractivity (Wildman–Crippen MR) is 149 cm³/mol. The topological polar surface area (TPSA) is 98.4 Å². The number of amides is 1. The van der Waals surface area contributed by atoms with Gasteiger partial charge in [-0.2, -0.15) is 0 Å². The third kappa shape index (κ3) is 5.43. The molecule has 0 saturated carbocycles. The van der Waals surface area contributed by atoms with E-state index in [1.54, 1.807) is 36.4 Å². The van der Waals surface area contributed by atoms with Gasteiger partial charge in [0.05, 0.1) is 37.6 Å². The quantitative estimate of drug-likeness (QED) is 0.133. The summed E-state index contributed by atoms with van der Waals surface area (Å²) in [6, 6.07) is 13.3. The number of hydrogen-bond acceptors (Lipinski definition) is 7. The molecule has 3 aromatic rings. The second-order valence-corrected chi connectivity index (χ2v) is 10.2. The standard InChI is InChI=1S/C32H35NO7/c1-4-6-7-14-39-26-13-10-21(18-27(26)37-5-2)29-28(31(35)32(36)33(29)19-24-9-8-15-38-24)30(34)22-11-12-25-23(17-22)16-20(3)40-25/h8-13,15,17-18,20,29,34H,4-7,14,16,19H2,1-3H3/t20-,29-/m0/s1. The summed E-state index contributed by atoms with van der Waals surface area (Å²) in [5, 5.41) is 11.5. The van der Waals surface area contributed by atoms with Crippen LogP contribution in [-0.4, -0.2) is 41.0 Å². The third-order valence-corrected chi connectivity index (χ3v) is 7.20. The number of ether oxygens (including phenoxy) is 3. The summed E-state index contributed by atoms with van der Waals surface area (Å²) >= 11 is 0. The predicted octanol–water partition coefficient (Wildman–Crippen LogP) is 6.19. The minimum Gasteiger partial charge on any atom is -0.507 e. The van der Waals surface area contributed by atoms with Crippen molar-refractivity contribution in [3.63, 3.8) is 0 Å². The Hall–Kier alpha value is -4.20. The summed E-state index contributed by atoms with van der Waals surface area (Å²) in [6.07, 6.45) is 5.34. The zero-order valence-corrected chi connectivity index (χ0v) is 23.1. The number of Topliss-reactive ketones (excluding diaryl/α,β-unsaturated/α-hetero) is 1. The van der Waals surface area contributed by atoms with Gasteiger partial charge in [0, 0.05) is 12.0 Å². The van der Waals surface area contributed by atoms with Gasteiger partial charge in [0.1, 0.15) is 23.4 Å². The average Bonchev–Trinajstić information content (AvgIpc) is 3.66. The second kappa shape index (κ2) is 11.9. The van der Waals surface area contributed by atoms with Crippen LogP contribution >= 0.6 is 0 Å². The molecule has 3 heterocycles. The first-order chi connectivity index (χ1) is 19.4. The van der Waals surface area contributed by atoms with Crippen LogP contribution in [0.4, 0.5) is 0 Å². The maximum Gasteiger partial charge on any atom is 0.296 e. The van der Waals surface area contributed by atoms with Gasteiger partial charge in [-0.15, -0.1) is 0 Å². The number of benzene rings is 2. The number of nitrogens with zero attached hydrogens (tertiary/aromatic N) is 1. The van der Waals surface area contributed by atoms with Gasteiger partial charge in [0.15, 0.2) is 11.5 Å². The maximum atomic E-state index is 13.5. The molecular formula is C32H35NO7. The molecule has 0 unspecified atom stereocenters. The van der Waals surface area contributed by atoms with Crippen molar-refractivity contribution in [1.29, 1.82) is 0 Å². The van der Waals surface area contributed by atoms with Crippen LogP contribution in [0.1, 0.15) is 68.5 Å². The Morgan fingerprint density at radius 3 is 2.65 bits per heavy atom. The van der Waals surface area contributed by atoms with Crippen LogP contribution in [0, 0.1) is 0 Å². The van der Waals surface area contributed by atoms with E-state index in [9.17, 15) is 14.7 Å². The zero-order chi connectivity index (χ0) is 28.2. The van der Waals surface area contributed by atoms with Crippen LogP contribution in [-0.2, 0) is 22.6 Å². The normalized spacial score (nSPS) is 19.5. The fourth-order valence-electron chi connectivity index (χ4n) is 5.30. The van der Waals surface area contributed by atoms with Crippen LogP contribution in [0.2, 0.25) is 0 Å². The number of unbranched alkanes of at least 4 members (excludes halogenated alkanes) is 2. The highest BCUT2D eigenvalue weighted by molar-refractivity contribution is 6.46. The highest BCUT2D eigenvalue weighted by Crippen LogP contribution is 2.43. The van der Waals surface area contributed by atoms with Crippen LogP contribution in [0.5, 0.6) is 17.2 Å². The van der Waals surface area contributed by atoms with Crippen LogP contribution < -0.4 is 14.2 Å². The molecule has 210 valence electrons. The number of furan rings is 1. The Balaban J connectivity index is 1.58. The molecule has 1 fully saturated rings. The number of rotatable bonds is 11. The first-order valence-electron chi connectivity index (χ1n) is 13.9. The largest absolute Gasteiger partial charge is 0.507 e. The number of carbonyl (C=O) groups is 2. The number of aliphatic hydroxyl groups excluding tert-OH is 1. The SMILES string of the molecule is CCCCCOc1ccc([C@H]2C(=C(O)c3ccc4c(c3)C[C@H](C)O4)C(=O)C(=O)N2Cc2ccco2)cc1OCC. The Labute approximate surface area is 234 Å². The lowest BCUT2D eigenvalue weighted by molar-refractivity contribution is -0.140. The van der Waals surface area contributed by atoms with Gasteiger partial charge in [0.25, 0.3) is 11.7 Å². The van der Waals surface area contributed by atoms with E-state index in [4.69, 9.17) is 18.6 Å². The van der Waals surface area contributed by atoms with Crippen LogP contribution in [0.3, 0.4) is 0 Å². The molecule has 0 radical (unpaired) electrons. The van der Waals surface area contributed by atoms with E-state index in [2.05, 4.69) is 6.92 Å². The van der Waals surface area contributed by atoms with Gasteiger partial charge in [0.2, 0.25) is 0 Å². The fourth-order valence-corrected chi connectivity index (χ4v) is 5.30. The summed E-state index contributed by atoms with van der Waals surface area (Å²) < 4.78 is 23.2. The molecule has 40 heavy (non-hydrogen) atoms. The molecule has 1 saturated heterocycles. The molecule has 2 atom stereocenters. The van der Waals surface area contributed by atoms with E-state index in [0.717, 1.165) is 30.6 Å². The van der Waals surface area contributed by atoms with Crippen molar-refractivity contribution >= 4 is 17.4 Å². The molecular weight excluding hydrogens is 510 g/mol. The molecule has 2 aromatic carbocycles. The molecule has 8 nitrogen and oxygen atoms in total. The van der Waals surface area contributed by atoms with E-state index >= 15 is 0 Å². The molecule has 0 spiro atoms. The summed E-state index contributed by atoms with van der Waals surface area (Å²) in [4.78, 5) is 28.3. The minimum atomic E-state index is -0.859. The number of ketones is 1. The van der Waals surface area contributed by atoms with Crippen molar-refractivity contribution in [3.05, 3.63) is 82.8 Å². The third-order valence-electron chi connectivity index (χ3n) is 7.20. The summed E-state index contributed by atoms with van der Waals surface area (Å²) in [5.74, 6) is 0.703. The van der Waals surface area contributed by atoms with Gasteiger partial charge in [-0.05, 0) is 73.9 Å². The lowest BCUT2D eigenvalue weighted by Gasteiger charge is -2.25. The van der Waals surface area contributed by atoms with E-state index < -0.39 is 17.7 Å². The van der Waals surface area contributed by atoms with Crippen molar-refractivity contribution in [3.8, 4) is 17.2 Å². The Kier molecular flexibility index (Phi) is 8.14. The monoisotopic (exact) mass is 545 g/mol. The smallest absolute Gasteiger partial charge is 0.296 e. The molecule has 0 aliphatic carbocycles. The summed E-state index contributed by atoms with van der Waals surface area (Å²) in [6.45, 7) is 7.04. The second-order valence-electron chi connectivity index (χ2n) is 10.2. The molecule has 8 heteroatoms. The molecule has 5 rings (SSSR count). The van der Waals surface area contributed by atoms with E-state index in [1.807, 2.05) is 26.0 Å². The lowest BCUT2D eigenvalue weighted by atomic mass is 9.94. The highest BCUT2D eigenvalue weighted by atomic mass is 16.5. The van der Waals surface area contributed by atoms with Gasteiger partial charge in [-0.25, -0.2) is 0 Å². The van der Waals surface area contributed by atoms with E-state index in [-0.39, 0.29) is 24.0 Å². The number of hydrogen-bond donors (Lipinski definition) is 1. The highest BCUT2D eigenvalue weighted by Gasteiger charge is 2.46. The molecule has 1 N–H and O–H groups in total. The Morgan fingerprint density at radius 2 is 1.90 bits per heavy atom. The zero-order valence-electron chi connectivity index (χ0n) is 23.1. The van der Waals surface area contributed by atoms with Gasteiger partial charge >= 0.3 is 0 Å². The number of carbonyl (C=O) groups excluding carboxylic acids is 2. The molecule has 1 amide bonds. The van der Waals surface area contributed by atoms with Crippen molar-refractivity contribution in [1.82, 2.24) is 4.90 Å². The van der Waals surface area contributed by atoms with E-state index in [1.165, 1.54) is 11.2 Å². The first kappa shape index (κ1) is 27.4. The maximum absolute atomic E-state index is 13.5. The van der Waals surface area contributed by atoms with Gasteiger partial charge < -0.3 is 28.6 Å². The molecule has 0 bridgehead atoms. The molecule has 1 aromatic heterocycles. The molecule has 2 aliphatic rings. The summed E-state index contributed by atoms with van der Waals surface area (Å²) in [7, 11) is 0. The van der Waals surface area contributed by atoms with Crippen molar-refractivity contribution < 1.29 is 33.3 Å². The minimum absolute atomic E-state index is 0.0162. The van der Waals surface area contributed by atoms with Crippen molar-refractivity contribution in [2.45, 2.75) is 65.1 Å². The van der Waals surface area contributed by atoms with Crippen LogP contribution in [0.15, 0.2) is 64.8 Å². The van der Waals surface area contributed by atoms with Crippen molar-refractivity contribution in [2.75, 3.05) is 13.2 Å². The number of aliphatic hydroxyl groups is 1. The van der Waals surface area contributed by atoms with Crippen molar-refractivity contribution in [2.24, 2.45) is 0 Å².